The Labute approximate surface area is 109 Å². The van der Waals surface area contributed by atoms with Gasteiger partial charge in [-0.2, -0.15) is 5.26 Å². The van der Waals surface area contributed by atoms with E-state index < -0.39 is 0 Å². The molecule has 0 radical (unpaired) electrons. The summed E-state index contributed by atoms with van der Waals surface area (Å²) < 4.78 is 0. The monoisotopic (exact) mass is 247 g/mol. The molecular weight excluding hydrogens is 226 g/mol. The largest absolute Gasteiger partial charge is 0.384 e. The van der Waals surface area contributed by atoms with E-state index >= 15 is 0 Å². The average Bonchev–Trinajstić information content (AvgIpc) is 2.28. The molecule has 0 aromatic carbocycles. The van der Waals surface area contributed by atoms with Crippen LogP contribution in [0.5, 0.6) is 0 Å². The molecule has 0 atom stereocenters. The molecule has 0 unspecified atom stereocenters. The fraction of sp³-hybridized carbons (Fsp3) is 0.615. The second kappa shape index (κ2) is 6.20. The van der Waals surface area contributed by atoms with Crippen LogP contribution in [0, 0.1) is 11.3 Å². The molecule has 1 rings (SSSR count). The van der Waals surface area contributed by atoms with Crippen molar-refractivity contribution in [1.82, 2.24) is 9.97 Å². The molecule has 18 heavy (non-hydrogen) atoms. The second-order valence-electron chi connectivity index (χ2n) is 4.86. The normalized spacial score (nSPS) is 10.7. The number of nitrogens with zero attached hydrogens (tertiary/aromatic N) is 4. The molecule has 1 aromatic rings. The van der Waals surface area contributed by atoms with Crippen molar-refractivity contribution in [3.8, 4) is 6.07 Å². The maximum Gasteiger partial charge on any atom is 0.135 e. The third-order valence-electron chi connectivity index (χ3n) is 2.65. The van der Waals surface area contributed by atoms with E-state index in [0.29, 0.717) is 18.8 Å². The van der Waals surface area contributed by atoms with Crippen molar-refractivity contribution < 1.29 is 0 Å². The van der Waals surface area contributed by atoms with Crippen LogP contribution in [0.15, 0.2) is 6.07 Å². The Morgan fingerprint density at radius 3 is 2.50 bits per heavy atom. The predicted octanol–water partition coefficient (Wildman–Crippen LogP) is 2.31. The molecule has 0 saturated carbocycles. The van der Waals surface area contributed by atoms with Gasteiger partial charge in [0, 0.05) is 24.6 Å². The van der Waals surface area contributed by atoms with E-state index in [0.717, 1.165) is 11.6 Å². The molecule has 1 aromatic heterocycles. The quantitative estimate of drug-likeness (QED) is 0.863. The lowest BCUT2D eigenvalue weighted by Crippen LogP contribution is -2.32. The van der Waals surface area contributed by atoms with Gasteiger partial charge in [-0.15, -0.1) is 0 Å². The van der Waals surface area contributed by atoms with Crippen LogP contribution in [-0.4, -0.2) is 22.6 Å². The van der Waals surface area contributed by atoms with Crippen LogP contribution in [0.25, 0.3) is 0 Å². The summed E-state index contributed by atoms with van der Waals surface area (Å²) in [6, 6.07) is 4.20. The number of hydrogen-bond acceptors (Lipinski definition) is 5. The summed E-state index contributed by atoms with van der Waals surface area (Å²) in [6.07, 6.45) is 0.471. The molecule has 2 N–H and O–H groups in total. The van der Waals surface area contributed by atoms with Crippen LogP contribution in [0.3, 0.4) is 0 Å². The van der Waals surface area contributed by atoms with Crippen LogP contribution in [0.1, 0.15) is 45.9 Å². The van der Waals surface area contributed by atoms with Gasteiger partial charge in [-0.25, -0.2) is 9.97 Å². The van der Waals surface area contributed by atoms with Crippen LogP contribution in [0.2, 0.25) is 0 Å². The fourth-order valence-corrected chi connectivity index (χ4v) is 1.68. The molecule has 0 aliphatic heterocycles. The van der Waals surface area contributed by atoms with Crippen molar-refractivity contribution in [1.29, 1.82) is 5.26 Å². The molecule has 0 aliphatic carbocycles. The van der Waals surface area contributed by atoms with Gasteiger partial charge >= 0.3 is 0 Å². The number of anilines is 2. The highest BCUT2D eigenvalue weighted by atomic mass is 15.2. The SMILES string of the molecule is CC(C)c1nc(N)cc(N(CCC#N)C(C)C)n1. The molecule has 0 spiro atoms. The van der Waals surface area contributed by atoms with Gasteiger partial charge in [-0.3, -0.25) is 0 Å². The third-order valence-corrected chi connectivity index (χ3v) is 2.65. The Morgan fingerprint density at radius 2 is 2.00 bits per heavy atom. The van der Waals surface area contributed by atoms with Crippen LogP contribution in [0.4, 0.5) is 11.6 Å². The summed E-state index contributed by atoms with van der Waals surface area (Å²) in [5.41, 5.74) is 5.82. The Kier molecular flexibility index (Phi) is 4.90. The van der Waals surface area contributed by atoms with Gasteiger partial charge < -0.3 is 10.6 Å². The standard InChI is InChI=1S/C13H21N5/c1-9(2)13-16-11(15)8-12(17-13)18(10(3)4)7-5-6-14/h8-10H,5,7H2,1-4H3,(H2,15,16,17). The topological polar surface area (TPSA) is 78.8 Å². The zero-order valence-corrected chi connectivity index (χ0v) is 11.5. The molecule has 5 nitrogen and oxygen atoms in total. The van der Waals surface area contributed by atoms with Gasteiger partial charge in [0.2, 0.25) is 0 Å². The molecule has 0 aliphatic rings. The van der Waals surface area contributed by atoms with Gasteiger partial charge in [-0.1, -0.05) is 13.8 Å². The summed E-state index contributed by atoms with van der Waals surface area (Å²) in [7, 11) is 0. The summed E-state index contributed by atoms with van der Waals surface area (Å²) in [4.78, 5) is 10.8. The minimum Gasteiger partial charge on any atom is -0.384 e. The number of hydrogen-bond donors (Lipinski definition) is 1. The summed E-state index contributed by atoms with van der Waals surface area (Å²) in [5.74, 6) is 2.26. The number of nitrogens with two attached hydrogens (primary N) is 1. The van der Waals surface area contributed by atoms with Gasteiger partial charge in [0.15, 0.2) is 0 Å². The molecule has 0 saturated heterocycles. The highest BCUT2D eigenvalue weighted by Gasteiger charge is 2.15. The van der Waals surface area contributed by atoms with Crippen molar-refractivity contribution in [3.05, 3.63) is 11.9 Å². The molecule has 98 valence electrons. The zero-order valence-electron chi connectivity index (χ0n) is 11.5. The number of nitriles is 1. The van der Waals surface area contributed by atoms with Crippen molar-refractivity contribution >= 4 is 11.6 Å². The number of nitrogen functional groups attached to an aromatic ring is 1. The van der Waals surface area contributed by atoms with Crippen LogP contribution >= 0.6 is 0 Å². The maximum atomic E-state index is 8.71. The predicted molar refractivity (Wildman–Crippen MR) is 73.2 cm³/mol. The Hall–Kier alpha value is -1.83. The van der Waals surface area contributed by atoms with Crippen molar-refractivity contribution in [2.24, 2.45) is 0 Å². The van der Waals surface area contributed by atoms with Crippen molar-refractivity contribution in [2.45, 2.75) is 46.1 Å². The Balaban J connectivity index is 3.08. The van der Waals surface area contributed by atoms with E-state index in [1.807, 2.05) is 13.8 Å². The molecular formula is C13H21N5. The third kappa shape index (κ3) is 3.59. The number of aromatic nitrogens is 2. The average molecular weight is 247 g/mol. The molecule has 1 heterocycles. The van der Waals surface area contributed by atoms with E-state index in [1.54, 1.807) is 6.07 Å². The molecule has 5 heteroatoms. The lowest BCUT2D eigenvalue weighted by atomic mass is 10.2. The van der Waals surface area contributed by atoms with Gasteiger partial charge in [0.05, 0.1) is 12.5 Å². The summed E-state index contributed by atoms with van der Waals surface area (Å²) in [6.45, 7) is 8.87. The first-order chi connectivity index (χ1) is 8.45. The molecule has 0 bridgehead atoms. The van der Waals surface area contributed by atoms with E-state index in [4.69, 9.17) is 11.0 Å². The fourth-order valence-electron chi connectivity index (χ4n) is 1.68. The first-order valence-corrected chi connectivity index (χ1v) is 6.23. The number of rotatable bonds is 5. The Morgan fingerprint density at radius 1 is 1.33 bits per heavy atom. The first kappa shape index (κ1) is 14.2. The maximum absolute atomic E-state index is 8.71. The Bertz CT molecular complexity index is 433. The minimum absolute atomic E-state index is 0.234. The van der Waals surface area contributed by atoms with Gasteiger partial charge in [0.25, 0.3) is 0 Å². The highest BCUT2D eigenvalue weighted by Crippen LogP contribution is 2.20. The first-order valence-electron chi connectivity index (χ1n) is 6.23. The summed E-state index contributed by atoms with van der Waals surface area (Å²) in [5, 5.41) is 8.71. The van der Waals surface area contributed by atoms with Crippen LogP contribution < -0.4 is 10.6 Å². The van der Waals surface area contributed by atoms with E-state index in [2.05, 4.69) is 34.8 Å². The summed E-state index contributed by atoms with van der Waals surface area (Å²) >= 11 is 0. The van der Waals surface area contributed by atoms with Gasteiger partial charge in [0.1, 0.15) is 17.5 Å². The van der Waals surface area contributed by atoms with Crippen molar-refractivity contribution in [2.75, 3.05) is 17.2 Å². The van der Waals surface area contributed by atoms with E-state index in [1.165, 1.54) is 0 Å². The lowest BCUT2D eigenvalue weighted by molar-refractivity contribution is 0.667. The van der Waals surface area contributed by atoms with E-state index in [9.17, 15) is 0 Å². The second-order valence-corrected chi connectivity index (χ2v) is 4.86. The van der Waals surface area contributed by atoms with Crippen molar-refractivity contribution in [3.63, 3.8) is 0 Å². The molecule has 0 fully saturated rings. The molecule has 0 amide bonds. The minimum atomic E-state index is 0.234. The van der Waals surface area contributed by atoms with Gasteiger partial charge in [-0.05, 0) is 13.8 Å². The van der Waals surface area contributed by atoms with Crippen LogP contribution in [-0.2, 0) is 0 Å². The lowest BCUT2D eigenvalue weighted by Gasteiger charge is -2.27. The zero-order chi connectivity index (χ0) is 13.7. The van der Waals surface area contributed by atoms with E-state index in [-0.39, 0.29) is 12.0 Å². The highest BCUT2D eigenvalue weighted by molar-refractivity contribution is 5.48. The smallest absolute Gasteiger partial charge is 0.135 e.